The first-order valence-corrected chi connectivity index (χ1v) is 11.5. The lowest BCUT2D eigenvalue weighted by Crippen LogP contribution is -2.27. The van der Waals surface area contributed by atoms with Gasteiger partial charge in [-0.1, -0.05) is 26.0 Å². The molecule has 0 radical (unpaired) electrons. The van der Waals surface area contributed by atoms with Crippen LogP contribution in [0.15, 0.2) is 52.3 Å². The lowest BCUT2D eigenvalue weighted by molar-refractivity contribution is 0.504. The predicted molar refractivity (Wildman–Crippen MR) is 133 cm³/mol. The van der Waals surface area contributed by atoms with Crippen molar-refractivity contribution < 1.29 is 0 Å². The molecular formula is C26H33N5O. The third-order valence-electron chi connectivity index (χ3n) is 5.78. The molecule has 0 spiro atoms. The van der Waals surface area contributed by atoms with Crippen molar-refractivity contribution >= 4 is 33.5 Å². The Morgan fingerprint density at radius 2 is 1.69 bits per heavy atom. The number of nitrogens with zero attached hydrogens (tertiary/aromatic N) is 5. The molecule has 4 aromatic rings. The summed E-state index contributed by atoms with van der Waals surface area (Å²) in [4.78, 5) is 22.9. The van der Waals surface area contributed by atoms with Crippen LogP contribution in [0.5, 0.6) is 0 Å². The Labute approximate surface area is 189 Å². The first-order chi connectivity index (χ1) is 15.3. The van der Waals surface area contributed by atoms with Crippen molar-refractivity contribution in [3.8, 4) is 0 Å². The van der Waals surface area contributed by atoms with Crippen LogP contribution in [0.1, 0.15) is 59.8 Å². The number of rotatable bonds is 7. The van der Waals surface area contributed by atoms with Gasteiger partial charge in [-0.3, -0.25) is 14.1 Å². The van der Waals surface area contributed by atoms with E-state index in [4.69, 9.17) is 4.98 Å². The zero-order valence-electron chi connectivity index (χ0n) is 20.0. The molecule has 0 aliphatic carbocycles. The third-order valence-corrected chi connectivity index (χ3v) is 5.78. The zero-order valence-corrected chi connectivity index (χ0v) is 20.0. The molecular weight excluding hydrogens is 398 g/mol. The van der Waals surface area contributed by atoms with E-state index in [1.807, 2.05) is 73.2 Å². The van der Waals surface area contributed by atoms with E-state index in [1.54, 1.807) is 0 Å². The Morgan fingerprint density at radius 3 is 2.34 bits per heavy atom. The van der Waals surface area contributed by atoms with Crippen molar-refractivity contribution in [2.45, 2.75) is 67.1 Å². The number of hydrogen-bond donors (Lipinski definition) is 0. The second kappa shape index (κ2) is 8.77. The Morgan fingerprint density at radius 1 is 0.969 bits per heavy atom. The minimum absolute atomic E-state index is 0.00978. The van der Waals surface area contributed by atoms with E-state index < -0.39 is 0 Å². The number of aryl methyl sites for hydroxylation is 1. The van der Waals surface area contributed by atoms with Crippen LogP contribution in [0.3, 0.4) is 0 Å². The molecule has 6 nitrogen and oxygen atoms in total. The second-order valence-corrected chi connectivity index (χ2v) is 9.42. The van der Waals surface area contributed by atoms with Gasteiger partial charge in [-0.25, -0.2) is 9.78 Å². The van der Waals surface area contributed by atoms with Gasteiger partial charge in [0.15, 0.2) is 0 Å². The molecule has 0 N–H and O–H groups in total. The van der Waals surface area contributed by atoms with Gasteiger partial charge < -0.3 is 4.57 Å². The molecule has 0 fully saturated rings. The molecule has 4 rings (SSSR count). The van der Waals surface area contributed by atoms with E-state index in [2.05, 4.69) is 29.5 Å². The monoisotopic (exact) mass is 431 g/mol. The van der Waals surface area contributed by atoms with Gasteiger partial charge in [0.05, 0.1) is 34.3 Å². The van der Waals surface area contributed by atoms with Crippen molar-refractivity contribution in [3.63, 3.8) is 0 Å². The average molecular weight is 432 g/mol. The Kier molecular flexibility index (Phi) is 6.04. The quantitative estimate of drug-likeness (QED) is 0.340. The molecule has 0 aliphatic heterocycles. The van der Waals surface area contributed by atoms with E-state index in [-0.39, 0.29) is 11.7 Å². The summed E-state index contributed by atoms with van der Waals surface area (Å²) in [5.74, 6) is 1.49. The van der Waals surface area contributed by atoms with Gasteiger partial charge in [-0.05, 0) is 70.4 Å². The van der Waals surface area contributed by atoms with E-state index in [9.17, 15) is 4.79 Å². The number of fused-ring (bicyclic) bond motifs is 2. The summed E-state index contributed by atoms with van der Waals surface area (Å²) >= 11 is 0. The highest BCUT2D eigenvalue weighted by molar-refractivity contribution is 5.85. The fraction of sp³-hybridized carbons (Fsp3) is 0.423. The molecule has 168 valence electrons. The highest BCUT2D eigenvalue weighted by Crippen LogP contribution is 2.25. The van der Waals surface area contributed by atoms with Gasteiger partial charge in [0.2, 0.25) is 0 Å². The zero-order chi connectivity index (χ0) is 23.0. The predicted octanol–water partition coefficient (Wildman–Crippen LogP) is 5.94. The third kappa shape index (κ3) is 4.14. The van der Waals surface area contributed by atoms with Crippen LogP contribution >= 0.6 is 0 Å². The molecule has 0 aliphatic rings. The van der Waals surface area contributed by atoms with E-state index in [0.29, 0.717) is 12.5 Å². The summed E-state index contributed by atoms with van der Waals surface area (Å²) in [6, 6.07) is 14.3. The number of aliphatic imine (C=N–C) groups is 1. The number of imidazole rings is 2. The summed E-state index contributed by atoms with van der Waals surface area (Å²) in [6.07, 6.45) is 1.05. The van der Waals surface area contributed by atoms with Gasteiger partial charge in [-0.15, -0.1) is 0 Å². The van der Waals surface area contributed by atoms with Crippen LogP contribution in [0.4, 0.5) is 5.69 Å². The van der Waals surface area contributed by atoms with Crippen molar-refractivity contribution in [2.75, 3.05) is 0 Å². The summed E-state index contributed by atoms with van der Waals surface area (Å²) in [7, 11) is 0. The number of aromatic nitrogens is 4. The molecule has 0 atom stereocenters. The average Bonchev–Trinajstić information content (AvgIpc) is 3.20. The van der Waals surface area contributed by atoms with Crippen molar-refractivity contribution in [2.24, 2.45) is 10.9 Å². The van der Waals surface area contributed by atoms with Gasteiger partial charge in [0, 0.05) is 18.3 Å². The first-order valence-electron chi connectivity index (χ1n) is 11.5. The maximum Gasteiger partial charge on any atom is 0.329 e. The summed E-state index contributed by atoms with van der Waals surface area (Å²) in [6.45, 7) is 13.9. The summed E-state index contributed by atoms with van der Waals surface area (Å²) in [5, 5.41) is 0. The molecule has 0 amide bonds. The van der Waals surface area contributed by atoms with E-state index >= 15 is 0 Å². The Balaban J connectivity index is 1.87. The van der Waals surface area contributed by atoms with E-state index in [1.165, 1.54) is 0 Å². The fourth-order valence-corrected chi connectivity index (χ4v) is 4.28. The largest absolute Gasteiger partial charge is 0.329 e. The molecule has 0 unspecified atom stereocenters. The molecule has 0 bridgehead atoms. The second-order valence-electron chi connectivity index (χ2n) is 9.42. The Bertz CT molecular complexity index is 1350. The van der Waals surface area contributed by atoms with Gasteiger partial charge in [-0.2, -0.15) is 0 Å². The maximum atomic E-state index is 13.4. The van der Waals surface area contributed by atoms with Crippen LogP contribution in [0.25, 0.3) is 22.1 Å². The number of para-hydroxylation sites is 2. The maximum absolute atomic E-state index is 13.4. The smallest absolute Gasteiger partial charge is 0.326 e. The Hall–Kier alpha value is -3.15. The fourth-order valence-electron chi connectivity index (χ4n) is 4.28. The normalized spacial score (nSPS) is 11.9. The molecule has 32 heavy (non-hydrogen) atoms. The summed E-state index contributed by atoms with van der Waals surface area (Å²) in [5.41, 5.74) is 5.85. The van der Waals surface area contributed by atoms with Crippen LogP contribution in [0, 0.1) is 5.92 Å². The molecule has 0 saturated carbocycles. The highest BCUT2D eigenvalue weighted by Gasteiger charge is 2.18. The van der Waals surface area contributed by atoms with Crippen molar-refractivity contribution in [3.05, 3.63) is 58.8 Å². The number of hydrogen-bond acceptors (Lipinski definition) is 3. The SMILES string of the molecule is CC(C)=Nc1ccc2c(c1)nc(Cn1c(=O)n(C(C)C)c3ccccc31)n2CCC(C)C. The highest BCUT2D eigenvalue weighted by atomic mass is 16.1. The lowest BCUT2D eigenvalue weighted by Gasteiger charge is -2.12. The molecule has 2 heterocycles. The molecule has 2 aromatic carbocycles. The topological polar surface area (TPSA) is 57.1 Å². The van der Waals surface area contributed by atoms with Crippen molar-refractivity contribution in [1.29, 1.82) is 0 Å². The van der Waals surface area contributed by atoms with Crippen LogP contribution in [-0.4, -0.2) is 24.4 Å². The number of benzene rings is 2. The van der Waals surface area contributed by atoms with Crippen LogP contribution in [-0.2, 0) is 13.1 Å². The molecule has 0 saturated heterocycles. The minimum Gasteiger partial charge on any atom is -0.326 e. The van der Waals surface area contributed by atoms with E-state index in [0.717, 1.165) is 52.3 Å². The minimum atomic E-state index is 0.00978. The van der Waals surface area contributed by atoms with Gasteiger partial charge in [0.1, 0.15) is 5.82 Å². The molecule has 6 heteroatoms. The van der Waals surface area contributed by atoms with Gasteiger partial charge >= 0.3 is 5.69 Å². The summed E-state index contributed by atoms with van der Waals surface area (Å²) < 4.78 is 6.00. The standard InChI is InChI=1S/C26H33N5O/c1-17(2)13-14-29-22-12-11-20(27-18(3)4)15-21(22)28-25(29)16-30-23-9-7-8-10-24(23)31(19(5)6)26(30)32/h7-12,15,17,19H,13-14,16H2,1-6H3. The molecule has 2 aromatic heterocycles. The van der Waals surface area contributed by atoms with Gasteiger partial charge in [0.25, 0.3) is 0 Å². The van der Waals surface area contributed by atoms with Crippen LogP contribution < -0.4 is 5.69 Å². The first kappa shape index (κ1) is 22.1. The van der Waals surface area contributed by atoms with Crippen molar-refractivity contribution in [1.82, 2.24) is 18.7 Å². The lowest BCUT2D eigenvalue weighted by atomic mass is 10.1. The van der Waals surface area contributed by atoms with Crippen LogP contribution in [0.2, 0.25) is 0 Å².